The number of hydrogen-bond donors (Lipinski definition) is 3. The average Bonchev–Trinajstić information content (AvgIpc) is 2.72. The average molecular weight is 502 g/mol. The quantitative estimate of drug-likeness (QED) is 0.543. The fraction of sp³-hybridized carbons (Fsp3) is 0.364. The van der Waals surface area contributed by atoms with Gasteiger partial charge in [-0.15, -0.1) is 0 Å². The molecule has 2 aromatic rings. The van der Waals surface area contributed by atoms with E-state index in [1.54, 1.807) is 0 Å². The van der Waals surface area contributed by atoms with Gasteiger partial charge in [0, 0.05) is 18.4 Å². The fourth-order valence-electron chi connectivity index (χ4n) is 3.93. The number of nitrogens with one attached hydrogen (secondary N) is 3. The Balaban J connectivity index is 2.04. The van der Waals surface area contributed by atoms with Crippen molar-refractivity contribution >= 4 is 27.3 Å². The normalized spacial score (nSPS) is 24.4. The Morgan fingerprint density at radius 1 is 1.21 bits per heavy atom. The lowest BCUT2D eigenvalue weighted by Crippen LogP contribution is -2.63. The molecule has 0 radical (unpaired) electrons. The van der Waals surface area contributed by atoms with Crippen molar-refractivity contribution in [2.45, 2.75) is 30.3 Å². The summed E-state index contributed by atoms with van der Waals surface area (Å²) < 4.78 is 84.0. The molecule has 0 saturated carbocycles. The van der Waals surface area contributed by atoms with Crippen LogP contribution in [0.5, 0.6) is 0 Å². The summed E-state index contributed by atoms with van der Waals surface area (Å²) in [6, 6.07) is 7.35. The van der Waals surface area contributed by atoms with E-state index in [4.69, 9.17) is 10.1 Å². The van der Waals surface area contributed by atoms with Gasteiger partial charge in [-0.25, -0.2) is 12.8 Å². The minimum absolute atomic E-state index is 0.137. The molecule has 184 valence electrons. The smallest absolute Gasteiger partial charge is 0.375 e. The number of anilines is 1. The largest absolute Gasteiger partial charge is 0.416 e. The molecule has 0 unspecified atom stereocenters. The first-order valence-electron chi connectivity index (χ1n) is 10.00. The van der Waals surface area contributed by atoms with Gasteiger partial charge in [0.25, 0.3) is 0 Å². The van der Waals surface area contributed by atoms with Crippen molar-refractivity contribution in [3.8, 4) is 0 Å². The minimum Gasteiger partial charge on any atom is -0.375 e. The van der Waals surface area contributed by atoms with Crippen LogP contribution in [0.3, 0.4) is 0 Å². The maximum atomic E-state index is 14.8. The van der Waals surface area contributed by atoms with Crippen LogP contribution in [-0.2, 0) is 35.8 Å². The Kier molecular flexibility index (Phi) is 6.53. The minimum atomic E-state index is -4.70. The highest BCUT2D eigenvalue weighted by Gasteiger charge is 2.55. The Labute approximate surface area is 193 Å². The van der Waals surface area contributed by atoms with Gasteiger partial charge in [-0.3, -0.25) is 10.2 Å². The number of sulfone groups is 1. The Hall–Kier alpha value is -2.99. The molecule has 1 aliphatic heterocycles. The molecule has 3 N–H and O–H groups in total. The van der Waals surface area contributed by atoms with E-state index in [1.807, 2.05) is 0 Å². The maximum Gasteiger partial charge on any atom is 0.416 e. The standard InChI is InChI=1S/C22H23F4N3O4S/c1-20(16-10-15(7-8-17(16)23)28-18(30)11-33-3)12-34(31,32)21(2,19(27)29-20)13-5-4-6-14(9-13)22(24,25)26/h4-10H,11-12H2,1-3H3,(H2,27,29)(H,28,30)/t20-,21-/m0/s1. The number of hydrogen-bond acceptors (Lipinski definition) is 5. The molecule has 0 aromatic heterocycles. The molecule has 1 saturated heterocycles. The monoisotopic (exact) mass is 501 g/mol. The summed E-state index contributed by atoms with van der Waals surface area (Å²) in [6.07, 6.45) is -4.70. The fourth-order valence-corrected chi connectivity index (χ4v) is 6.05. The van der Waals surface area contributed by atoms with Crippen molar-refractivity contribution in [1.29, 1.82) is 5.41 Å². The van der Waals surface area contributed by atoms with E-state index in [1.165, 1.54) is 32.2 Å². The second kappa shape index (κ2) is 8.66. The Morgan fingerprint density at radius 3 is 2.47 bits per heavy atom. The summed E-state index contributed by atoms with van der Waals surface area (Å²) in [4.78, 5) is 11.8. The van der Waals surface area contributed by atoms with Crippen LogP contribution in [0, 0.1) is 11.2 Å². The Bertz CT molecular complexity index is 1250. The summed E-state index contributed by atoms with van der Waals surface area (Å²) in [5, 5.41) is 13.7. The zero-order chi connectivity index (χ0) is 25.5. The lowest BCUT2D eigenvalue weighted by Gasteiger charge is -2.45. The number of ether oxygens (including phenoxy) is 1. The molecular weight excluding hydrogens is 478 g/mol. The van der Waals surface area contributed by atoms with Crippen molar-refractivity contribution in [1.82, 2.24) is 5.32 Å². The molecule has 0 aliphatic carbocycles. The summed E-state index contributed by atoms with van der Waals surface area (Å²) in [6.45, 7) is 2.26. The van der Waals surface area contributed by atoms with Crippen LogP contribution in [0.15, 0.2) is 42.5 Å². The summed E-state index contributed by atoms with van der Waals surface area (Å²) in [5.74, 6) is -2.62. The highest BCUT2D eigenvalue weighted by atomic mass is 32.2. The molecule has 34 heavy (non-hydrogen) atoms. The first-order valence-corrected chi connectivity index (χ1v) is 11.7. The molecule has 0 bridgehead atoms. The van der Waals surface area contributed by atoms with Crippen molar-refractivity contribution < 1.29 is 35.5 Å². The second-order valence-electron chi connectivity index (χ2n) is 8.38. The number of amidine groups is 1. The predicted molar refractivity (Wildman–Crippen MR) is 118 cm³/mol. The summed E-state index contributed by atoms with van der Waals surface area (Å²) in [5.41, 5.74) is -2.88. The highest BCUT2D eigenvalue weighted by Crippen LogP contribution is 2.42. The zero-order valence-electron chi connectivity index (χ0n) is 18.5. The third-order valence-electron chi connectivity index (χ3n) is 5.84. The molecule has 3 rings (SSSR count). The number of benzene rings is 2. The number of methoxy groups -OCH3 is 1. The van der Waals surface area contributed by atoms with Gasteiger partial charge in [-0.2, -0.15) is 13.2 Å². The molecule has 7 nitrogen and oxygen atoms in total. The number of amides is 1. The first-order chi connectivity index (χ1) is 15.6. The van der Waals surface area contributed by atoms with E-state index in [0.29, 0.717) is 6.07 Å². The molecule has 1 aliphatic rings. The molecule has 1 fully saturated rings. The van der Waals surface area contributed by atoms with Crippen molar-refractivity contribution in [3.63, 3.8) is 0 Å². The van der Waals surface area contributed by atoms with Crippen LogP contribution in [0.25, 0.3) is 0 Å². The van der Waals surface area contributed by atoms with Crippen molar-refractivity contribution in [2.75, 3.05) is 24.8 Å². The molecule has 2 atom stereocenters. The third-order valence-corrected chi connectivity index (χ3v) is 8.48. The highest BCUT2D eigenvalue weighted by molar-refractivity contribution is 7.93. The van der Waals surface area contributed by atoms with Gasteiger partial charge >= 0.3 is 6.18 Å². The molecular formula is C22H23F4N3O4S. The number of carbonyl (C=O) groups excluding carboxylic acids is 1. The molecule has 1 heterocycles. The number of halogens is 4. The van der Waals surface area contributed by atoms with Crippen LogP contribution in [0.2, 0.25) is 0 Å². The van der Waals surface area contributed by atoms with Crippen LogP contribution >= 0.6 is 0 Å². The van der Waals surface area contributed by atoms with Gasteiger partial charge in [0.2, 0.25) is 5.91 Å². The first kappa shape index (κ1) is 25.6. The van der Waals surface area contributed by atoms with Gasteiger partial charge in [0.05, 0.1) is 16.9 Å². The third kappa shape index (κ3) is 4.51. The van der Waals surface area contributed by atoms with E-state index in [-0.39, 0.29) is 23.4 Å². The van der Waals surface area contributed by atoms with Crippen LogP contribution in [-0.4, -0.2) is 39.6 Å². The Morgan fingerprint density at radius 2 is 1.88 bits per heavy atom. The lowest BCUT2D eigenvalue weighted by atomic mass is 9.89. The van der Waals surface area contributed by atoms with Gasteiger partial charge in [0.15, 0.2) is 14.6 Å². The number of carbonyl (C=O) groups is 1. The van der Waals surface area contributed by atoms with Crippen LogP contribution in [0.4, 0.5) is 23.2 Å². The van der Waals surface area contributed by atoms with Crippen LogP contribution in [0.1, 0.15) is 30.5 Å². The van der Waals surface area contributed by atoms with E-state index in [9.17, 15) is 30.8 Å². The van der Waals surface area contributed by atoms with E-state index >= 15 is 0 Å². The van der Waals surface area contributed by atoms with Gasteiger partial charge < -0.3 is 15.4 Å². The number of rotatable bonds is 5. The SMILES string of the molecule is COCC(=O)Nc1ccc(F)c([C@]2(C)CS(=O)(=O)[C@@](C)(c3cccc(C(F)(F)F)c3)C(=N)N2)c1. The van der Waals surface area contributed by atoms with E-state index < -0.39 is 55.2 Å². The summed E-state index contributed by atoms with van der Waals surface area (Å²) >= 11 is 0. The lowest BCUT2D eigenvalue weighted by molar-refractivity contribution is -0.137. The van der Waals surface area contributed by atoms with Crippen molar-refractivity contribution in [2.24, 2.45) is 0 Å². The topological polar surface area (TPSA) is 108 Å². The predicted octanol–water partition coefficient (Wildman–Crippen LogP) is 3.56. The zero-order valence-corrected chi connectivity index (χ0v) is 19.3. The maximum absolute atomic E-state index is 14.8. The molecule has 12 heteroatoms. The van der Waals surface area contributed by atoms with E-state index in [0.717, 1.165) is 25.1 Å². The van der Waals surface area contributed by atoms with E-state index in [2.05, 4.69) is 10.6 Å². The van der Waals surface area contributed by atoms with Gasteiger partial charge in [-0.05, 0) is 49.7 Å². The molecule has 0 spiro atoms. The van der Waals surface area contributed by atoms with Gasteiger partial charge in [-0.1, -0.05) is 12.1 Å². The van der Waals surface area contributed by atoms with Crippen molar-refractivity contribution in [3.05, 3.63) is 65.0 Å². The summed E-state index contributed by atoms with van der Waals surface area (Å²) in [7, 11) is -3.01. The van der Waals surface area contributed by atoms with Gasteiger partial charge in [0.1, 0.15) is 18.3 Å². The molecule has 2 aromatic carbocycles. The number of alkyl halides is 3. The molecule has 1 amide bonds. The second-order valence-corrected chi connectivity index (χ2v) is 10.7. The van der Waals surface area contributed by atoms with Crippen LogP contribution < -0.4 is 10.6 Å².